The lowest BCUT2D eigenvalue weighted by Gasteiger charge is -2.27. The second kappa shape index (κ2) is 6.17. The second-order valence-electron chi connectivity index (χ2n) is 4.44. The second-order valence-corrected chi connectivity index (χ2v) is 4.44. The first-order valence-corrected chi connectivity index (χ1v) is 6.28. The van der Waals surface area contributed by atoms with E-state index in [2.05, 4.69) is 15.5 Å². The van der Waals surface area contributed by atoms with Gasteiger partial charge in [-0.15, -0.1) is 10.2 Å². The third-order valence-corrected chi connectivity index (χ3v) is 3.02. The summed E-state index contributed by atoms with van der Waals surface area (Å²) in [5.41, 5.74) is 0. The van der Waals surface area contributed by atoms with Gasteiger partial charge < -0.3 is 19.9 Å². The molecule has 0 atom stereocenters. The van der Waals surface area contributed by atoms with Gasteiger partial charge in [-0.25, -0.2) is 4.79 Å². The van der Waals surface area contributed by atoms with E-state index in [1.54, 1.807) is 11.2 Å². The Morgan fingerprint density at radius 2 is 2.21 bits per heavy atom. The number of amides is 2. The summed E-state index contributed by atoms with van der Waals surface area (Å²) in [4.78, 5) is 23.9. The fraction of sp³-hybridized carbons (Fsp3) is 0.636. The molecule has 2 amide bonds. The molecule has 1 aliphatic rings. The van der Waals surface area contributed by atoms with E-state index in [4.69, 9.17) is 5.11 Å². The number of unbranched alkanes of at least 4 members (excludes halogenated alkanes) is 1. The van der Waals surface area contributed by atoms with Crippen molar-refractivity contribution in [2.45, 2.75) is 32.4 Å². The van der Waals surface area contributed by atoms with Gasteiger partial charge in [-0.05, 0) is 12.8 Å². The van der Waals surface area contributed by atoms with E-state index in [-0.39, 0.29) is 12.5 Å². The molecule has 0 saturated carbocycles. The highest BCUT2D eigenvalue weighted by molar-refractivity contribution is 5.74. The summed E-state index contributed by atoms with van der Waals surface area (Å²) in [6.07, 6.45) is 3.05. The zero-order valence-corrected chi connectivity index (χ0v) is 10.6. The molecular formula is C11H17N5O3. The maximum absolute atomic E-state index is 11.9. The van der Waals surface area contributed by atoms with Crippen molar-refractivity contribution in [3.05, 3.63) is 12.2 Å². The van der Waals surface area contributed by atoms with Crippen LogP contribution in [0.2, 0.25) is 0 Å². The number of fused-ring (bicyclic) bond motifs is 1. The molecule has 1 aliphatic heterocycles. The molecule has 1 aromatic rings. The van der Waals surface area contributed by atoms with Crippen LogP contribution in [-0.4, -0.2) is 49.9 Å². The van der Waals surface area contributed by atoms with Crippen molar-refractivity contribution in [1.29, 1.82) is 0 Å². The van der Waals surface area contributed by atoms with Gasteiger partial charge in [-0.1, -0.05) is 0 Å². The molecule has 0 spiro atoms. The monoisotopic (exact) mass is 267 g/mol. The number of hydrogen-bond donors (Lipinski definition) is 2. The molecule has 104 valence electrons. The summed E-state index contributed by atoms with van der Waals surface area (Å²) < 4.78 is 1.93. The van der Waals surface area contributed by atoms with Crippen LogP contribution in [0.4, 0.5) is 4.79 Å². The molecule has 0 radical (unpaired) electrons. The van der Waals surface area contributed by atoms with Gasteiger partial charge in [0, 0.05) is 26.1 Å². The number of carboxylic acid groups (broad SMARTS) is 1. The Kier molecular flexibility index (Phi) is 4.32. The van der Waals surface area contributed by atoms with Gasteiger partial charge >= 0.3 is 12.0 Å². The molecule has 2 N–H and O–H groups in total. The van der Waals surface area contributed by atoms with E-state index in [9.17, 15) is 9.59 Å². The number of carbonyl (C=O) groups excluding carboxylic acids is 1. The number of urea groups is 1. The highest BCUT2D eigenvalue weighted by Gasteiger charge is 2.21. The van der Waals surface area contributed by atoms with Gasteiger partial charge in [0.05, 0.1) is 6.54 Å². The van der Waals surface area contributed by atoms with Gasteiger partial charge in [0.2, 0.25) is 0 Å². The summed E-state index contributed by atoms with van der Waals surface area (Å²) in [6, 6.07) is -0.135. The zero-order valence-electron chi connectivity index (χ0n) is 10.6. The van der Waals surface area contributed by atoms with E-state index in [0.717, 1.165) is 5.82 Å². The van der Waals surface area contributed by atoms with E-state index in [1.807, 2.05) is 4.57 Å². The van der Waals surface area contributed by atoms with Crippen LogP contribution < -0.4 is 5.32 Å². The third kappa shape index (κ3) is 3.67. The maximum atomic E-state index is 11.9. The molecule has 1 aromatic heterocycles. The Labute approximate surface area is 110 Å². The molecule has 0 aromatic carbocycles. The van der Waals surface area contributed by atoms with E-state index < -0.39 is 5.97 Å². The van der Waals surface area contributed by atoms with E-state index in [0.29, 0.717) is 39.0 Å². The topological polar surface area (TPSA) is 100 Å². The van der Waals surface area contributed by atoms with Gasteiger partial charge in [0.15, 0.2) is 5.82 Å². The molecule has 0 bridgehead atoms. The van der Waals surface area contributed by atoms with Crippen LogP contribution in [0, 0.1) is 0 Å². The fourth-order valence-electron chi connectivity index (χ4n) is 1.95. The molecule has 8 nitrogen and oxygen atoms in total. The molecule has 19 heavy (non-hydrogen) atoms. The molecule has 0 unspecified atom stereocenters. The first kappa shape index (κ1) is 13.3. The van der Waals surface area contributed by atoms with Crippen molar-refractivity contribution in [3.63, 3.8) is 0 Å². The summed E-state index contributed by atoms with van der Waals surface area (Å²) >= 11 is 0. The van der Waals surface area contributed by atoms with Crippen molar-refractivity contribution < 1.29 is 14.7 Å². The first-order chi connectivity index (χ1) is 9.16. The molecule has 0 saturated heterocycles. The van der Waals surface area contributed by atoms with Gasteiger partial charge in [-0.2, -0.15) is 0 Å². The minimum atomic E-state index is -0.804. The third-order valence-electron chi connectivity index (χ3n) is 3.02. The largest absolute Gasteiger partial charge is 0.481 e. The first-order valence-electron chi connectivity index (χ1n) is 6.28. The molecule has 0 aliphatic carbocycles. The van der Waals surface area contributed by atoms with E-state index >= 15 is 0 Å². The number of carboxylic acids is 1. The Morgan fingerprint density at radius 3 is 3.00 bits per heavy atom. The predicted octanol–water partition coefficient (Wildman–Crippen LogP) is 0.0582. The highest BCUT2D eigenvalue weighted by atomic mass is 16.4. The van der Waals surface area contributed by atoms with Crippen LogP contribution >= 0.6 is 0 Å². The molecule has 2 heterocycles. The lowest BCUT2D eigenvalue weighted by molar-refractivity contribution is -0.137. The van der Waals surface area contributed by atoms with Crippen LogP contribution in [0.15, 0.2) is 6.33 Å². The Bertz CT molecular complexity index is 459. The summed E-state index contributed by atoms with van der Waals surface area (Å²) in [7, 11) is 0. The van der Waals surface area contributed by atoms with Crippen LogP contribution in [-0.2, 0) is 17.9 Å². The Hall–Kier alpha value is -2.12. The minimum Gasteiger partial charge on any atom is -0.481 e. The highest BCUT2D eigenvalue weighted by Crippen LogP contribution is 2.08. The lowest BCUT2D eigenvalue weighted by atomic mass is 10.2. The van der Waals surface area contributed by atoms with Crippen LogP contribution in [0.3, 0.4) is 0 Å². The predicted molar refractivity (Wildman–Crippen MR) is 65.3 cm³/mol. The smallest absolute Gasteiger partial charge is 0.317 e. The summed E-state index contributed by atoms with van der Waals surface area (Å²) in [5, 5.41) is 19.0. The average Bonchev–Trinajstić information content (AvgIpc) is 2.84. The maximum Gasteiger partial charge on any atom is 0.317 e. The van der Waals surface area contributed by atoms with E-state index in [1.165, 1.54) is 0 Å². The summed E-state index contributed by atoms with van der Waals surface area (Å²) in [6.45, 7) is 2.29. The van der Waals surface area contributed by atoms with Crippen molar-refractivity contribution in [3.8, 4) is 0 Å². The Balaban J connectivity index is 1.68. The molecule has 8 heteroatoms. The van der Waals surface area contributed by atoms with Crippen LogP contribution in [0.5, 0.6) is 0 Å². The molecule has 2 rings (SSSR count). The SMILES string of the molecule is O=C(O)CCCCNC(=O)N1CCn2cnnc2C1. The zero-order chi connectivity index (χ0) is 13.7. The normalized spacial score (nSPS) is 14.0. The number of rotatable bonds is 5. The number of aromatic nitrogens is 3. The number of carbonyl (C=O) groups is 2. The number of nitrogens with one attached hydrogen (secondary N) is 1. The Morgan fingerprint density at radius 1 is 1.37 bits per heavy atom. The van der Waals surface area contributed by atoms with Gasteiger partial charge in [0.1, 0.15) is 6.33 Å². The number of hydrogen-bond acceptors (Lipinski definition) is 4. The number of aliphatic carboxylic acids is 1. The van der Waals surface area contributed by atoms with Gasteiger partial charge in [-0.3, -0.25) is 4.79 Å². The van der Waals surface area contributed by atoms with Crippen molar-refractivity contribution in [2.24, 2.45) is 0 Å². The quantitative estimate of drug-likeness (QED) is 0.735. The summed E-state index contributed by atoms with van der Waals surface area (Å²) in [5.74, 6) is -0.0195. The van der Waals surface area contributed by atoms with Crippen LogP contribution in [0.25, 0.3) is 0 Å². The molecule has 0 fully saturated rings. The van der Waals surface area contributed by atoms with Crippen LogP contribution in [0.1, 0.15) is 25.1 Å². The van der Waals surface area contributed by atoms with Gasteiger partial charge in [0.25, 0.3) is 0 Å². The fourth-order valence-corrected chi connectivity index (χ4v) is 1.95. The average molecular weight is 267 g/mol. The van der Waals surface area contributed by atoms with Crippen molar-refractivity contribution in [2.75, 3.05) is 13.1 Å². The standard InChI is InChI=1S/C11H17N5O3/c17-10(18)3-1-2-4-12-11(19)15-5-6-16-8-13-14-9(16)7-15/h8H,1-7H2,(H,12,19)(H,17,18). The van der Waals surface area contributed by atoms with Crippen molar-refractivity contribution >= 4 is 12.0 Å². The number of nitrogens with zero attached hydrogens (tertiary/aromatic N) is 4. The molecular weight excluding hydrogens is 250 g/mol. The van der Waals surface area contributed by atoms with Crippen molar-refractivity contribution in [1.82, 2.24) is 25.0 Å². The minimum absolute atomic E-state index is 0.135. The lowest BCUT2D eigenvalue weighted by Crippen LogP contribution is -2.44.